The van der Waals surface area contributed by atoms with Gasteiger partial charge < -0.3 is 14.8 Å². The Kier molecular flexibility index (Phi) is 5.12. The van der Waals surface area contributed by atoms with Gasteiger partial charge in [-0.15, -0.1) is 11.3 Å². The Morgan fingerprint density at radius 3 is 2.79 bits per heavy atom. The summed E-state index contributed by atoms with van der Waals surface area (Å²) in [5.41, 5.74) is 2.04. The van der Waals surface area contributed by atoms with Gasteiger partial charge in [-0.3, -0.25) is 5.32 Å². The van der Waals surface area contributed by atoms with Crippen molar-refractivity contribution < 1.29 is 19.1 Å². The highest BCUT2D eigenvalue weighted by Gasteiger charge is 2.27. The largest absolute Gasteiger partial charge is 0.462 e. The lowest BCUT2D eigenvalue weighted by Gasteiger charge is -2.13. The van der Waals surface area contributed by atoms with E-state index in [9.17, 15) is 9.59 Å². The molecule has 0 radical (unpaired) electrons. The Morgan fingerprint density at radius 2 is 2.04 bits per heavy atom. The Morgan fingerprint density at radius 1 is 1.25 bits per heavy atom. The maximum atomic E-state index is 12.3. The van der Waals surface area contributed by atoms with Gasteiger partial charge in [0.05, 0.1) is 25.4 Å². The van der Waals surface area contributed by atoms with Crippen molar-refractivity contribution >= 4 is 34.0 Å². The number of esters is 1. The minimum Gasteiger partial charge on any atom is -0.462 e. The lowest BCUT2D eigenvalue weighted by atomic mass is 10.1. The summed E-state index contributed by atoms with van der Waals surface area (Å²) in [7, 11) is 0. The van der Waals surface area contributed by atoms with Crippen molar-refractivity contribution in [1.29, 1.82) is 0 Å². The molecule has 0 fully saturated rings. The van der Waals surface area contributed by atoms with Crippen LogP contribution in [0.1, 0.15) is 27.7 Å². The monoisotopic (exact) mass is 346 g/mol. The molecule has 1 aliphatic rings. The summed E-state index contributed by atoms with van der Waals surface area (Å²) >= 11 is 1.36. The number of hydrogen-bond acceptors (Lipinski definition) is 5. The number of carbonyl (C=O) groups excluding carboxylic acids is 2. The van der Waals surface area contributed by atoms with Crippen molar-refractivity contribution in [3.63, 3.8) is 0 Å². The second-order valence-electron chi connectivity index (χ2n) is 5.18. The van der Waals surface area contributed by atoms with E-state index in [-0.39, 0.29) is 6.61 Å². The van der Waals surface area contributed by atoms with Crippen LogP contribution >= 0.6 is 11.3 Å². The summed E-state index contributed by atoms with van der Waals surface area (Å²) in [6.07, 6.45) is 0.641. The van der Waals surface area contributed by atoms with E-state index in [4.69, 9.17) is 9.47 Å². The molecule has 1 aromatic carbocycles. The van der Waals surface area contributed by atoms with Gasteiger partial charge in [0.2, 0.25) is 0 Å². The molecule has 0 atom stereocenters. The third-order valence-electron chi connectivity index (χ3n) is 3.56. The van der Waals surface area contributed by atoms with Gasteiger partial charge in [0.25, 0.3) is 0 Å². The van der Waals surface area contributed by atoms with Crippen molar-refractivity contribution in [3.05, 3.63) is 46.3 Å². The van der Waals surface area contributed by atoms with E-state index in [1.54, 1.807) is 19.1 Å². The average molecular weight is 346 g/mol. The molecule has 0 spiro atoms. The first-order chi connectivity index (χ1) is 11.7. The molecule has 126 valence electrons. The molecule has 0 aliphatic carbocycles. The number of nitrogens with one attached hydrogen (secondary N) is 2. The maximum Gasteiger partial charge on any atom is 0.341 e. The lowest BCUT2D eigenvalue weighted by molar-refractivity contribution is 0.0524. The molecule has 0 saturated carbocycles. The van der Waals surface area contributed by atoms with Crippen molar-refractivity contribution in [2.24, 2.45) is 0 Å². The van der Waals surface area contributed by atoms with Gasteiger partial charge in [0, 0.05) is 10.6 Å². The summed E-state index contributed by atoms with van der Waals surface area (Å²) < 4.78 is 10.6. The van der Waals surface area contributed by atoms with Crippen LogP contribution in [0.5, 0.6) is 0 Å². The van der Waals surface area contributed by atoms with Crippen LogP contribution in [0.2, 0.25) is 0 Å². The fourth-order valence-corrected chi connectivity index (χ4v) is 3.69. The zero-order chi connectivity index (χ0) is 16.9. The number of rotatable bonds is 4. The number of benzene rings is 1. The van der Waals surface area contributed by atoms with Gasteiger partial charge in [-0.25, -0.2) is 9.59 Å². The fourth-order valence-electron chi connectivity index (χ4n) is 2.53. The minimum absolute atomic E-state index is 0.287. The molecule has 2 amide bonds. The van der Waals surface area contributed by atoms with Crippen LogP contribution < -0.4 is 10.6 Å². The van der Waals surface area contributed by atoms with Crippen LogP contribution in [0.4, 0.5) is 15.5 Å². The van der Waals surface area contributed by atoms with Crippen molar-refractivity contribution in [2.45, 2.75) is 20.0 Å². The molecular weight excluding hydrogens is 328 g/mol. The number of hydrogen-bond donors (Lipinski definition) is 2. The standard InChI is InChI=1S/C17H18N2O4S/c1-2-23-16(20)14-12-8-9-22-10-13(12)24-15(14)19-17(21)18-11-6-4-3-5-7-11/h3-7H,2,8-10H2,1H3,(H2,18,19,21). The van der Waals surface area contributed by atoms with E-state index in [0.717, 1.165) is 10.4 Å². The maximum absolute atomic E-state index is 12.3. The second kappa shape index (κ2) is 7.46. The van der Waals surface area contributed by atoms with Gasteiger partial charge in [0.1, 0.15) is 5.00 Å². The van der Waals surface area contributed by atoms with E-state index in [1.165, 1.54) is 11.3 Å². The van der Waals surface area contributed by atoms with Gasteiger partial charge >= 0.3 is 12.0 Å². The first-order valence-electron chi connectivity index (χ1n) is 7.71. The highest BCUT2D eigenvalue weighted by molar-refractivity contribution is 7.17. The topological polar surface area (TPSA) is 76.7 Å². The quantitative estimate of drug-likeness (QED) is 0.829. The van der Waals surface area contributed by atoms with Crippen molar-refractivity contribution in [2.75, 3.05) is 23.8 Å². The van der Waals surface area contributed by atoms with Crippen molar-refractivity contribution in [1.82, 2.24) is 0 Å². The molecule has 6 nitrogen and oxygen atoms in total. The molecule has 1 aromatic heterocycles. The number of para-hydroxylation sites is 1. The molecule has 1 aliphatic heterocycles. The predicted octanol–water partition coefficient (Wildman–Crippen LogP) is 3.64. The summed E-state index contributed by atoms with van der Waals surface area (Å²) in [4.78, 5) is 25.5. The first kappa shape index (κ1) is 16.5. The number of amides is 2. The van der Waals surface area contributed by atoms with Crippen LogP contribution in [0.25, 0.3) is 0 Å². The highest BCUT2D eigenvalue weighted by atomic mass is 32.1. The number of ether oxygens (including phenoxy) is 2. The Labute approximate surface area is 143 Å². The Hall–Kier alpha value is -2.38. The first-order valence-corrected chi connectivity index (χ1v) is 8.53. The third-order valence-corrected chi connectivity index (χ3v) is 4.68. The molecule has 7 heteroatoms. The molecule has 0 bridgehead atoms. The fraction of sp³-hybridized carbons (Fsp3) is 0.294. The van der Waals surface area contributed by atoms with Gasteiger partial charge in [-0.2, -0.15) is 0 Å². The summed E-state index contributed by atoms with van der Waals surface area (Å²) in [6, 6.07) is 8.72. The summed E-state index contributed by atoms with van der Waals surface area (Å²) in [6.45, 7) is 3.06. The van der Waals surface area contributed by atoms with Crippen LogP contribution in [0.3, 0.4) is 0 Å². The smallest absolute Gasteiger partial charge is 0.341 e. The van der Waals surface area contributed by atoms with E-state index in [1.807, 2.05) is 18.2 Å². The van der Waals surface area contributed by atoms with E-state index in [2.05, 4.69) is 10.6 Å². The van der Waals surface area contributed by atoms with E-state index >= 15 is 0 Å². The van der Waals surface area contributed by atoms with Gasteiger partial charge in [0.15, 0.2) is 0 Å². The minimum atomic E-state index is -0.410. The number of urea groups is 1. The molecule has 0 saturated heterocycles. The average Bonchev–Trinajstić information content (AvgIpc) is 2.93. The number of carbonyl (C=O) groups is 2. The van der Waals surface area contributed by atoms with E-state index < -0.39 is 12.0 Å². The molecule has 2 N–H and O–H groups in total. The number of fused-ring (bicyclic) bond motifs is 1. The Bertz CT molecular complexity index is 743. The summed E-state index contributed by atoms with van der Waals surface area (Å²) in [5.74, 6) is -0.410. The van der Waals surface area contributed by atoms with Crippen LogP contribution in [-0.2, 0) is 22.5 Å². The number of thiophene rings is 1. The zero-order valence-electron chi connectivity index (χ0n) is 13.3. The second-order valence-corrected chi connectivity index (χ2v) is 6.28. The third kappa shape index (κ3) is 3.58. The zero-order valence-corrected chi connectivity index (χ0v) is 14.1. The number of anilines is 2. The SMILES string of the molecule is CCOC(=O)c1c(NC(=O)Nc2ccccc2)sc2c1CCOC2. The van der Waals surface area contributed by atoms with Crippen LogP contribution in [0.15, 0.2) is 30.3 Å². The van der Waals surface area contributed by atoms with Crippen molar-refractivity contribution in [3.8, 4) is 0 Å². The molecule has 2 aromatic rings. The molecule has 0 unspecified atom stereocenters. The van der Waals surface area contributed by atoms with Gasteiger partial charge in [-0.1, -0.05) is 18.2 Å². The lowest BCUT2D eigenvalue weighted by Crippen LogP contribution is -2.21. The van der Waals surface area contributed by atoms with Gasteiger partial charge in [-0.05, 0) is 31.0 Å². The molecular formula is C17H18N2O4S. The predicted molar refractivity (Wildman–Crippen MR) is 92.7 cm³/mol. The van der Waals surface area contributed by atoms with E-state index in [0.29, 0.717) is 35.9 Å². The highest BCUT2D eigenvalue weighted by Crippen LogP contribution is 2.37. The summed E-state index contributed by atoms with van der Waals surface area (Å²) in [5, 5.41) is 6.01. The molecule has 24 heavy (non-hydrogen) atoms. The molecule has 3 rings (SSSR count). The van der Waals surface area contributed by atoms with Crippen LogP contribution in [0, 0.1) is 0 Å². The van der Waals surface area contributed by atoms with Crippen LogP contribution in [-0.4, -0.2) is 25.2 Å². The normalized spacial score (nSPS) is 13.0. The molecule has 2 heterocycles. The Balaban J connectivity index is 1.82.